The highest BCUT2D eigenvalue weighted by molar-refractivity contribution is 5.88. The molecule has 0 radical (unpaired) electrons. The summed E-state index contributed by atoms with van der Waals surface area (Å²) >= 11 is 0. The largest absolute Gasteiger partial charge is 0.497 e. The Kier molecular flexibility index (Phi) is 4.25. The number of hydrogen-bond donors (Lipinski definition) is 1. The predicted molar refractivity (Wildman–Crippen MR) is 89.1 cm³/mol. The monoisotopic (exact) mass is 325 g/mol. The van der Waals surface area contributed by atoms with Crippen LogP contribution >= 0.6 is 0 Å². The van der Waals surface area contributed by atoms with Crippen LogP contribution in [0.1, 0.15) is 32.6 Å². The van der Waals surface area contributed by atoms with Gasteiger partial charge in [-0.1, -0.05) is 12.1 Å². The highest BCUT2D eigenvalue weighted by Crippen LogP contribution is 2.25. The normalized spacial score (nSPS) is 12.8. The lowest BCUT2D eigenvalue weighted by Crippen LogP contribution is -2.27. The van der Waals surface area contributed by atoms with Crippen LogP contribution in [-0.2, 0) is 24.3 Å². The van der Waals surface area contributed by atoms with Crippen LogP contribution in [0.2, 0.25) is 0 Å². The Hall–Kier alpha value is -2.82. The van der Waals surface area contributed by atoms with Gasteiger partial charge in [-0.3, -0.25) is 4.79 Å². The molecule has 0 unspecified atom stereocenters. The molecule has 0 atom stereocenters. The van der Waals surface area contributed by atoms with Crippen molar-refractivity contribution in [1.29, 1.82) is 0 Å². The minimum absolute atomic E-state index is 0.0383. The van der Waals surface area contributed by atoms with Crippen LogP contribution in [0, 0.1) is 6.92 Å². The first-order chi connectivity index (χ1) is 11.5. The molecule has 124 valence electrons. The number of rotatable bonds is 4. The van der Waals surface area contributed by atoms with Crippen molar-refractivity contribution < 1.29 is 19.4 Å². The van der Waals surface area contributed by atoms with E-state index in [0.29, 0.717) is 19.5 Å². The first-order valence-electron chi connectivity index (χ1n) is 7.74. The number of carboxylic acid groups (broad SMARTS) is 1. The third-order valence-electron chi connectivity index (χ3n) is 4.42. The van der Waals surface area contributed by atoms with E-state index in [0.717, 1.165) is 28.0 Å². The minimum atomic E-state index is -0.948. The van der Waals surface area contributed by atoms with Gasteiger partial charge < -0.3 is 14.7 Å². The summed E-state index contributed by atoms with van der Waals surface area (Å²) in [5.74, 6) is -0.133. The summed E-state index contributed by atoms with van der Waals surface area (Å²) < 4.78 is 5.18. The van der Waals surface area contributed by atoms with E-state index < -0.39 is 5.97 Å². The van der Waals surface area contributed by atoms with Crippen LogP contribution < -0.4 is 4.74 Å². The Balaban J connectivity index is 1.72. The number of carbonyl (C=O) groups excluding carboxylic acids is 1. The maximum Gasteiger partial charge on any atom is 0.335 e. The molecule has 0 fully saturated rings. The number of amides is 1. The van der Waals surface area contributed by atoms with Gasteiger partial charge in [-0.25, -0.2) is 4.79 Å². The summed E-state index contributed by atoms with van der Waals surface area (Å²) in [6, 6.07) is 10.7. The fraction of sp³-hybridized carbons (Fsp3) is 0.263. The molecular weight excluding hydrogens is 306 g/mol. The van der Waals surface area contributed by atoms with Crippen molar-refractivity contribution in [2.24, 2.45) is 0 Å². The molecule has 0 bridgehead atoms. The number of aryl methyl sites for hydroxylation is 1. The van der Waals surface area contributed by atoms with Crippen molar-refractivity contribution in [1.82, 2.24) is 4.90 Å². The number of fused-ring (bicyclic) bond motifs is 1. The molecular formula is C19H19NO4. The SMILES string of the molecule is COc1ccc(CC(=O)N2Cc3ccc(C(=O)O)cc3C2)c(C)c1. The maximum absolute atomic E-state index is 12.6. The van der Waals surface area contributed by atoms with Crippen LogP contribution in [0.4, 0.5) is 0 Å². The molecule has 0 saturated carbocycles. The third kappa shape index (κ3) is 3.11. The average molecular weight is 325 g/mol. The molecule has 2 aromatic rings. The van der Waals surface area contributed by atoms with E-state index in [9.17, 15) is 9.59 Å². The van der Waals surface area contributed by atoms with Gasteiger partial charge in [-0.2, -0.15) is 0 Å². The molecule has 0 aromatic heterocycles. The molecule has 5 heteroatoms. The van der Waals surface area contributed by atoms with E-state index in [1.165, 1.54) is 0 Å². The number of nitrogens with zero attached hydrogens (tertiary/aromatic N) is 1. The number of hydrogen-bond acceptors (Lipinski definition) is 3. The fourth-order valence-electron chi connectivity index (χ4n) is 2.97. The van der Waals surface area contributed by atoms with Crippen LogP contribution in [-0.4, -0.2) is 29.0 Å². The van der Waals surface area contributed by atoms with Crippen LogP contribution in [0.3, 0.4) is 0 Å². The van der Waals surface area contributed by atoms with Crippen LogP contribution in [0.15, 0.2) is 36.4 Å². The highest BCUT2D eigenvalue weighted by Gasteiger charge is 2.24. The minimum Gasteiger partial charge on any atom is -0.497 e. The van der Waals surface area contributed by atoms with E-state index in [2.05, 4.69) is 0 Å². The second-order valence-electron chi connectivity index (χ2n) is 6.01. The maximum atomic E-state index is 12.6. The zero-order valence-electron chi connectivity index (χ0n) is 13.7. The van der Waals surface area contributed by atoms with Gasteiger partial charge in [0.25, 0.3) is 0 Å². The Morgan fingerprint density at radius 2 is 1.88 bits per heavy atom. The Bertz CT molecular complexity index is 813. The van der Waals surface area contributed by atoms with E-state index >= 15 is 0 Å². The lowest BCUT2D eigenvalue weighted by Gasteiger charge is -2.16. The molecule has 0 spiro atoms. The number of carbonyl (C=O) groups is 2. The summed E-state index contributed by atoms with van der Waals surface area (Å²) in [7, 11) is 1.62. The van der Waals surface area contributed by atoms with Gasteiger partial charge in [0.1, 0.15) is 5.75 Å². The van der Waals surface area contributed by atoms with Gasteiger partial charge in [-0.15, -0.1) is 0 Å². The van der Waals surface area contributed by atoms with Crippen molar-refractivity contribution in [3.8, 4) is 5.75 Å². The molecule has 1 aliphatic rings. The lowest BCUT2D eigenvalue weighted by atomic mass is 10.0. The number of ether oxygens (including phenoxy) is 1. The zero-order valence-corrected chi connectivity index (χ0v) is 13.7. The van der Waals surface area contributed by atoms with Gasteiger partial charge in [0, 0.05) is 13.1 Å². The molecule has 5 nitrogen and oxygen atoms in total. The zero-order chi connectivity index (χ0) is 17.3. The molecule has 24 heavy (non-hydrogen) atoms. The lowest BCUT2D eigenvalue weighted by molar-refractivity contribution is -0.131. The van der Waals surface area contributed by atoms with Crippen LogP contribution in [0.25, 0.3) is 0 Å². The van der Waals surface area contributed by atoms with Crippen molar-refractivity contribution in [2.75, 3.05) is 7.11 Å². The number of carboxylic acids is 1. The van der Waals surface area contributed by atoms with Gasteiger partial charge in [0.15, 0.2) is 0 Å². The number of aromatic carboxylic acids is 1. The van der Waals surface area contributed by atoms with E-state index in [4.69, 9.17) is 9.84 Å². The first kappa shape index (κ1) is 16.1. The van der Waals surface area contributed by atoms with Gasteiger partial charge in [-0.05, 0) is 53.4 Å². The molecule has 1 N–H and O–H groups in total. The molecule has 0 aliphatic carbocycles. The van der Waals surface area contributed by atoms with E-state index in [1.807, 2.05) is 25.1 Å². The summed E-state index contributed by atoms with van der Waals surface area (Å²) in [4.78, 5) is 25.4. The average Bonchev–Trinajstić information content (AvgIpc) is 2.99. The highest BCUT2D eigenvalue weighted by atomic mass is 16.5. The summed E-state index contributed by atoms with van der Waals surface area (Å²) in [6.45, 7) is 2.96. The summed E-state index contributed by atoms with van der Waals surface area (Å²) in [5, 5.41) is 9.07. The van der Waals surface area contributed by atoms with Crippen molar-refractivity contribution in [2.45, 2.75) is 26.4 Å². The van der Waals surface area contributed by atoms with Crippen LogP contribution in [0.5, 0.6) is 5.75 Å². The molecule has 1 amide bonds. The van der Waals surface area contributed by atoms with Gasteiger partial charge in [0.2, 0.25) is 5.91 Å². The molecule has 1 heterocycles. The summed E-state index contributed by atoms with van der Waals surface area (Å²) in [5.41, 5.74) is 4.18. The molecule has 3 rings (SSSR count). The van der Waals surface area contributed by atoms with Crippen molar-refractivity contribution >= 4 is 11.9 Å². The second kappa shape index (κ2) is 6.35. The Morgan fingerprint density at radius 3 is 2.54 bits per heavy atom. The molecule has 1 aliphatic heterocycles. The van der Waals surface area contributed by atoms with E-state index in [-0.39, 0.29) is 11.5 Å². The third-order valence-corrected chi connectivity index (χ3v) is 4.42. The Morgan fingerprint density at radius 1 is 1.12 bits per heavy atom. The van der Waals surface area contributed by atoms with Gasteiger partial charge in [0.05, 0.1) is 19.1 Å². The van der Waals surface area contributed by atoms with E-state index in [1.54, 1.807) is 30.2 Å². The number of methoxy groups -OCH3 is 1. The molecule has 0 saturated heterocycles. The van der Waals surface area contributed by atoms with Gasteiger partial charge >= 0.3 is 5.97 Å². The first-order valence-corrected chi connectivity index (χ1v) is 7.74. The molecule has 2 aromatic carbocycles. The quantitative estimate of drug-likeness (QED) is 0.938. The number of benzene rings is 2. The summed E-state index contributed by atoms with van der Waals surface area (Å²) in [6.07, 6.45) is 0.329. The Labute approximate surface area is 140 Å². The van der Waals surface area contributed by atoms with Crippen molar-refractivity contribution in [3.63, 3.8) is 0 Å². The smallest absolute Gasteiger partial charge is 0.335 e. The predicted octanol–water partition coefficient (Wildman–Crippen LogP) is 2.79. The standard InChI is InChI=1S/C19H19NO4/c1-12-7-17(24-2)6-5-13(12)9-18(21)20-10-15-4-3-14(19(22)23)8-16(15)11-20/h3-8H,9-11H2,1-2H3,(H,22,23). The fourth-order valence-corrected chi connectivity index (χ4v) is 2.97. The second-order valence-corrected chi connectivity index (χ2v) is 6.01. The topological polar surface area (TPSA) is 66.8 Å². The van der Waals surface area contributed by atoms with Crippen molar-refractivity contribution in [3.05, 3.63) is 64.2 Å².